The van der Waals surface area contributed by atoms with E-state index in [4.69, 9.17) is 16.7 Å². The third-order valence-electron chi connectivity index (χ3n) is 2.00. The van der Waals surface area contributed by atoms with E-state index in [9.17, 15) is 9.18 Å². The molecule has 0 aliphatic carbocycles. The summed E-state index contributed by atoms with van der Waals surface area (Å²) in [5.74, 6) is -2.08. The first-order valence-corrected chi connectivity index (χ1v) is 5.95. The lowest BCUT2D eigenvalue weighted by Crippen LogP contribution is -2.00. The average molecular weight is 285 g/mol. The highest BCUT2D eigenvalue weighted by Gasteiger charge is 2.11. The molecule has 0 aliphatic rings. The van der Waals surface area contributed by atoms with Crippen LogP contribution in [0.2, 0.25) is 5.15 Å². The van der Waals surface area contributed by atoms with Gasteiger partial charge in [-0.2, -0.15) is 0 Å². The molecule has 0 saturated heterocycles. The van der Waals surface area contributed by atoms with Crippen molar-refractivity contribution in [3.05, 3.63) is 46.9 Å². The highest BCUT2D eigenvalue weighted by atomic mass is 35.5. The Balaban J connectivity index is 2.27. The maximum absolute atomic E-state index is 13.2. The summed E-state index contributed by atoms with van der Waals surface area (Å²) >= 11 is 6.77. The van der Waals surface area contributed by atoms with Crippen molar-refractivity contribution in [2.24, 2.45) is 0 Å². The number of carbonyl (C=O) groups is 1. The highest BCUT2D eigenvalue weighted by Crippen LogP contribution is 2.27. The van der Waals surface area contributed by atoms with Gasteiger partial charge in [-0.3, -0.25) is 0 Å². The second-order valence-corrected chi connectivity index (χ2v) is 4.72. The average Bonchev–Trinajstić information content (AvgIpc) is 2.34. The van der Waals surface area contributed by atoms with Gasteiger partial charge in [0.25, 0.3) is 0 Å². The predicted molar refractivity (Wildman–Crippen MR) is 64.5 cm³/mol. The second-order valence-electron chi connectivity index (χ2n) is 3.24. The summed E-state index contributed by atoms with van der Waals surface area (Å²) < 4.78 is 13.2. The number of nitrogens with zero attached hydrogens (tertiary/aromatic N) is 2. The van der Waals surface area contributed by atoms with Gasteiger partial charge in [-0.15, -0.1) is 10.2 Å². The number of carboxylic acid groups (broad SMARTS) is 1. The van der Waals surface area contributed by atoms with Crippen molar-refractivity contribution >= 4 is 29.3 Å². The van der Waals surface area contributed by atoms with Crippen LogP contribution in [-0.4, -0.2) is 21.3 Å². The molecule has 1 N–H and O–H groups in total. The molecule has 1 aromatic heterocycles. The monoisotopic (exact) mass is 284 g/mol. The molecule has 0 unspecified atom stereocenters. The van der Waals surface area contributed by atoms with Gasteiger partial charge in [0.15, 0.2) is 5.15 Å². The molecular weight excluding hydrogens is 279 g/mol. The molecule has 2 rings (SSSR count). The molecule has 0 fully saturated rings. The Labute approximate surface area is 111 Å². The molecule has 1 aromatic carbocycles. The van der Waals surface area contributed by atoms with E-state index in [2.05, 4.69) is 10.2 Å². The van der Waals surface area contributed by atoms with Gasteiger partial charge in [0.1, 0.15) is 10.8 Å². The quantitative estimate of drug-likeness (QED) is 0.938. The van der Waals surface area contributed by atoms with E-state index in [0.29, 0.717) is 9.92 Å². The second kappa shape index (κ2) is 5.32. The van der Waals surface area contributed by atoms with Crippen molar-refractivity contribution in [1.82, 2.24) is 10.2 Å². The number of carboxylic acids is 1. The molecule has 7 heteroatoms. The molecule has 92 valence electrons. The van der Waals surface area contributed by atoms with E-state index in [1.54, 1.807) is 12.1 Å². The van der Waals surface area contributed by atoms with E-state index in [1.165, 1.54) is 23.9 Å². The van der Waals surface area contributed by atoms with Crippen LogP contribution in [0.4, 0.5) is 4.39 Å². The third kappa shape index (κ3) is 2.96. The Hall–Kier alpha value is -1.66. The lowest BCUT2D eigenvalue weighted by Gasteiger charge is -2.02. The van der Waals surface area contributed by atoms with Crippen molar-refractivity contribution in [3.8, 4) is 0 Å². The fourth-order valence-electron chi connectivity index (χ4n) is 1.21. The van der Waals surface area contributed by atoms with Gasteiger partial charge in [0, 0.05) is 4.90 Å². The number of hydrogen-bond acceptors (Lipinski definition) is 4. The number of aromatic nitrogens is 2. The van der Waals surface area contributed by atoms with Gasteiger partial charge in [0.2, 0.25) is 0 Å². The summed E-state index contributed by atoms with van der Waals surface area (Å²) in [5, 5.41) is 17.1. The van der Waals surface area contributed by atoms with E-state index < -0.39 is 11.8 Å². The predicted octanol–water partition coefficient (Wildman–Crippen LogP) is 3.12. The SMILES string of the molecule is O=C(O)c1cc(Sc2ccc(Cl)nn2)ccc1F. The first kappa shape index (κ1) is 12.8. The Kier molecular flexibility index (Phi) is 3.78. The minimum Gasteiger partial charge on any atom is -0.478 e. The lowest BCUT2D eigenvalue weighted by molar-refractivity contribution is 0.0691. The summed E-state index contributed by atoms with van der Waals surface area (Å²) in [6.07, 6.45) is 0. The fraction of sp³-hybridized carbons (Fsp3) is 0. The summed E-state index contributed by atoms with van der Waals surface area (Å²) in [6, 6.07) is 7.04. The van der Waals surface area contributed by atoms with E-state index >= 15 is 0 Å². The van der Waals surface area contributed by atoms with Crippen molar-refractivity contribution < 1.29 is 14.3 Å². The standard InChI is InChI=1S/C11H6ClFN2O2S/c12-9-3-4-10(15-14-9)18-6-1-2-8(13)7(5-6)11(16)17/h1-5H,(H,16,17). The number of hydrogen-bond donors (Lipinski definition) is 1. The number of rotatable bonds is 3. The minimum atomic E-state index is -1.31. The van der Waals surface area contributed by atoms with Gasteiger partial charge in [0.05, 0.1) is 5.56 Å². The van der Waals surface area contributed by atoms with E-state index in [-0.39, 0.29) is 10.7 Å². The molecule has 0 amide bonds. The third-order valence-corrected chi connectivity index (χ3v) is 3.12. The van der Waals surface area contributed by atoms with Crippen LogP contribution in [0.25, 0.3) is 0 Å². The Bertz CT molecular complexity index is 592. The molecular formula is C11H6ClFN2O2S. The number of halogens is 2. The molecule has 0 radical (unpaired) electrons. The van der Waals surface area contributed by atoms with Gasteiger partial charge >= 0.3 is 5.97 Å². The van der Waals surface area contributed by atoms with Crippen molar-refractivity contribution in [3.63, 3.8) is 0 Å². The smallest absolute Gasteiger partial charge is 0.338 e. The molecule has 0 saturated carbocycles. The van der Waals surface area contributed by atoms with Crippen LogP contribution in [0.15, 0.2) is 40.3 Å². The molecule has 0 atom stereocenters. The summed E-state index contributed by atoms with van der Waals surface area (Å²) in [4.78, 5) is 11.3. The highest BCUT2D eigenvalue weighted by molar-refractivity contribution is 7.99. The zero-order valence-corrected chi connectivity index (χ0v) is 10.4. The van der Waals surface area contributed by atoms with Crippen molar-refractivity contribution in [1.29, 1.82) is 0 Å². The largest absolute Gasteiger partial charge is 0.478 e. The Morgan fingerprint density at radius 2 is 2.06 bits per heavy atom. The first-order valence-electron chi connectivity index (χ1n) is 4.76. The van der Waals surface area contributed by atoms with E-state index in [1.807, 2.05) is 0 Å². The van der Waals surface area contributed by atoms with Gasteiger partial charge < -0.3 is 5.11 Å². The molecule has 0 spiro atoms. The van der Waals surface area contributed by atoms with Crippen LogP contribution in [0.3, 0.4) is 0 Å². The number of benzene rings is 1. The van der Waals surface area contributed by atoms with Gasteiger partial charge in [-0.1, -0.05) is 23.4 Å². The molecule has 1 heterocycles. The van der Waals surface area contributed by atoms with Crippen LogP contribution >= 0.6 is 23.4 Å². The van der Waals surface area contributed by atoms with Crippen LogP contribution < -0.4 is 0 Å². The van der Waals surface area contributed by atoms with Crippen molar-refractivity contribution in [2.75, 3.05) is 0 Å². The zero-order chi connectivity index (χ0) is 13.1. The number of aromatic carboxylic acids is 1. The Morgan fingerprint density at radius 3 is 2.67 bits per heavy atom. The summed E-state index contributed by atoms with van der Waals surface area (Å²) in [7, 11) is 0. The lowest BCUT2D eigenvalue weighted by atomic mass is 10.2. The maximum atomic E-state index is 13.2. The van der Waals surface area contributed by atoms with Crippen LogP contribution in [-0.2, 0) is 0 Å². The molecule has 4 nitrogen and oxygen atoms in total. The first-order chi connectivity index (χ1) is 8.56. The zero-order valence-electron chi connectivity index (χ0n) is 8.80. The summed E-state index contributed by atoms with van der Waals surface area (Å²) in [5.41, 5.74) is -0.373. The molecule has 2 aromatic rings. The summed E-state index contributed by atoms with van der Waals surface area (Å²) in [6.45, 7) is 0. The normalized spacial score (nSPS) is 10.3. The van der Waals surface area contributed by atoms with Crippen molar-refractivity contribution in [2.45, 2.75) is 9.92 Å². The van der Waals surface area contributed by atoms with E-state index in [0.717, 1.165) is 6.07 Å². The van der Waals surface area contributed by atoms with Gasteiger partial charge in [-0.25, -0.2) is 9.18 Å². The Morgan fingerprint density at radius 1 is 1.28 bits per heavy atom. The minimum absolute atomic E-state index is 0.268. The molecule has 0 bridgehead atoms. The molecule has 0 aliphatic heterocycles. The van der Waals surface area contributed by atoms with Crippen LogP contribution in [0.5, 0.6) is 0 Å². The van der Waals surface area contributed by atoms with Gasteiger partial charge in [-0.05, 0) is 30.3 Å². The topological polar surface area (TPSA) is 63.1 Å². The maximum Gasteiger partial charge on any atom is 0.338 e. The fourth-order valence-corrected chi connectivity index (χ4v) is 2.08. The molecule has 18 heavy (non-hydrogen) atoms. The van der Waals surface area contributed by atoms with Crippen LogP contribution in [0, 0.1) is 5.82 Å². The van der Waals surface area contributed by atoms with Crippen LogP contribution in [0.1, 0.15) is 10.4 Å².